The van der Waals surface area contributed by atoms with Gasteiger partial charge >= 0.3 is 0 Å². The molecule has 0 spiro atoms. The lowest BCUT2D eigenvalue weighted by Gasteiger charge is -2.49. The highest BCUT2D eigenvalue weighted by Gasteiger charge is 2.49. The van der Waals surface area contributed by atoms with E-state index in [2.05, 4.69) is 67.1 Å². The number of hydrogen-bond donors (Lipinski definition) is 4. The summed E-state index contributed by atoms with van der Waals surface area (Å²) in [5.41, 5.74) is 5.06. The van der Waals surface area contributed by atoms with Crippen LogP contribution >= 0.6 is 0 Å². The van der Waals surface area contributed by atoms with E-state index in [-0.39, 0.29) is 0 Å². The molecule has 1 heterocycles. The van der Waals surface area contributed by atoms with Crippen molar-refractivity contribution in [3.05, 3.63) is 58.1 Å². The second-order valence-electron chi connectivity index (χ2n) is 7.80. The van der Waals surface area contributed by atoms with Gasteiger partial charge in [0.1, 0.15) is 11.5 Å². The quantitative estimate of drug-likeness (QED) is 0.539. The third-order valence-corrected chi connectivity index (χ3v) is 6.47. The lowest BCUT2D eigenvalue weighted by Crippen LogP contribution is -2.66. The van der Waals surface area contributed by atoms with Gasteiger partial charge in [0.15, 0.2) is 0 Å². The first-order valence-corrected chi connectivity index (χ1v) is 10.7. The SMILES string of the molecule is CCc1ccc2c(c1)[C@](NC)(c1cc(CC)c(O)c(CC)c1)CC(NC)(NC)O2. The molecule has 0 saturated heterocycles. The van der Waals surface area contributed by atoms with E-state index in [0.717, 1.165) is 47.3 Å². The second-order valence-corrected chi connectivity index (χ2v) is 7.80. The molecule has 0 aliphatic carbocycles. The van der Waals surface area contributed by atoms with Crippen LogP contribution in [0.4, 0.5) is 0 Å². The molecule has 158 valence electrons. The highest BCUT2D eigenvalue weighted by Crippen LogP contribution is 2.47. The molecule has 2 aromatic rings. The monoisotopic (exact) mass is 397 g/mol. The van der Waals surface area contributed by atoms with Gasteiger partial charge in [-0.05, 0) is 86.9 Å². The zero-order valence-electron chi connectivity index (χ0n) is 18.6. The number of phenols is 1. The van der Waals surface area contributed by atoms with E-state index in [1.165, 1.54) is 5.56 Å². The van der Waals surface area contributed by atoms with Crippen molar-refractivity contribution in [2.45, 2.75) is 57.8 Å². The minimum absolute atomic E-state index is 0.424. The summed E-state index contributed by atoms with van der Waals surface area (Å²) in [7, 11) is 5.83. The number of phenolic OH excluding ortho intramolecular Hbond substituents is 1. The Morgan fingerprint density at radius 2 is 1.52 bits per heavy atom. The number of rotatable bonds is 7. The Balaban J connectivity index is 2.34. The maximum Gasteiger partial charge on any atom is 0.219 e. The van der Waals surface area contributed by atoms with Gasteiger partial charge in [-0.15, -0.1) is 0 Å². The molecule has 1 aliphatic heterocycles. The molecular formula is C24H35N3O2. The summed E-state index contributed by atoms with van der Waals surface area (Å²) in [5, 5.41) is 21.0. The van der Waals surface area contributed by atoms with Crippen molar-refractivity contribution in [3.8, 4) is 11.5 Å². The van der Waals surface area contributed by atoms with E-state index in [4.69, 9.17) is 4.74 Å². The van der Waals surface area contributed by atoms with Crippen LogP contribution in [0, 0.1) is 0 Å². The van der Waals surface area contributed by atoms with Gasteiger partial charge in [0, 0.05) is 12.0 Å². The molecular weight excluding hydrogens is 362 g/mol. The number of fused-ring (bicyclic) bond motifs is 1. The lowest BCUT2D eigenvalue weighted by molar-refractivity contribution is -0.0334. The van der Waals surface area contributed by atoms with Crippen molar-refractivity contribution in [3.63, 3.8) is 0 Å². The predicted molar refractivity (Wildman–Crippen MR) is 119 cm³/mol. The average Bonchev–Trinajstić information content (AvgIpc) is 2.77. The van der Waals surface area contributed by atoms with E-state index in [9.17, 15) is 5.11 Å². The highest BCUT2D eigenvalue weighted by atomic mass is 16.5. The topological polar surface area (TPSA) is 65.5 Å². The molecule has 0 saturated carbocycles. The maximum atomic E-state index is 10.7. The van der Waals surface area contributed by atoms with Crippen LogP contribution in [0.5, 0.6) is 11.5 Å². The van der Waals surface area contributed by atoms with Crippen LogP contribution in [0.25, 0.3) is 0 Å². The number of aromatic hydroxyl groups is 1. The Bertz CT molecular complexity index is 851. The van der Waals surface area contributed by atoms with Crippen molar-refractivity contribution in [2.24, 2.45) is 0 Å². The average molecular weight is 398 g/mol. The van der Waals surface area contributed by atoms with Gasteiger partial charge < -0.3 is 15.2 Å². The van der Waals surface area contributed by atoms with Gasteiger partial charge in [0.05, 0.1) is 5.54 Å². The maximum absolute atomic E-state index is 10.7. The Morgan fingerprint density at radius 1 is 0.897 bits per heavy atom. The van der Waals surface area contributed by atoms with Crippen molar-refractivity contribution in [1.29, 1.82) is 0 Å². The van der Waals surface area contributed by atoms with Crippen molar-refractivity contribution in [1.82, 2.24) is 16.0 Å². The van der Waals surface area contributed by atoms with Crippen LogP contribution in [-0.2, 0) is 24.8 Å². The number of benzene rings is 2. The molecule has 0 aromatic heterocycles. The number of hydrogen-bond acceptors (Lipinski definition) is 5. The zero-order chi connectivity index (χ0) is 21.2. The molecule has 29 heavy (non-hydrogen) atoms. The molecule has 0 bridgehead atoms. The molecule has 2 aromatic carbocycles. The molecule has 3 rings (SSSR count). The lowest BCUT2D eigenvalue weighted by atomic mass is 9.74. The Hall–Kier alpha value is -2.08. The summed E-state index contributed by atoms with van der Waals surface area (Å²) in [4.78, 5) is 0. The van der Waals surface area contributed by atoms with Crippen LogP contribution in [0.3, 0.4) is 0 Å². The molecule has 4 N–H and O–H groups in total. The highest BCUT2D eigenvalue weighted by molar-refractivity contribution is 5.54. The van der Waals surface area contributed by atoms with Gasteiger partial charge in [-0.1, -0.05) is 26.8 Å². The van der Waals surface area contributed by atoms with E-state index >= 15 is 0 Å². The smallest absolute Gasteiger partial charge is 0.219 e. The first-order valence-electron chi connectivity index (χ1n) is 10.7. The summed E-state index contributed by atoms with van der Waals surface area (Å²) in [6.07, 6.45) is 3.19. The molecule has 1 atom stereocenters. The number of aryl methyl sites for hydroxylation is 3. The molecule has 0 unspecified atom stereocenters. The van der Waals surface area contributed by atoms with E-state index in [0.29, 0.717) is 12.2 Å². The summed E-state index contributed by atoms with van der Waals surface area (Å²) in [6.45, 7) is 6.34. The Labute approximate surface area is 174 Å². The zero-order valence-corrected chi connectivity index (χ0v) is 18.6. The summed E-state index contributed by atoms with van der Waals surface area (Å²) >= 11 is 0. The third kappa shape index (κ3) is 3.52. The predicted octanol–water partition coefficient (Wildman–Crippen LogP) is 3.42. The van der Waals surface area contributed by atoms with Gasteiger partial charge in [-0.3, -0.25) is 10.6 Å². The van der Waals surface area contributed by atoms with Crippen LogP contribution < -0.4 is 20.7 Å². The normalized spacial score (nSPS) is 20.2. The van der Waals surface area contributed by atoms with Gasteiger partial charge in [-0.25, -0.2) is 0 Å². The number of nitrogens with one attached hydrogen (secondary N) is 3. The summed E-state index contributed by atoms with van der Waals surface area (Å²) < 4.78 is 6.42. The fraction of sp³-hybridized carbons (Fsp3) is 0.500. The largest absolute Gasteiger partial charge is 0.507 e. The van der Waals surface area contributed by atoms with E-state index in [1.54, 1.807) is 0 Å². The van der Waals surface area contributed by atoms with Crippen molar-refractivity contribution in [2.75, 3.05) is 21.1 Å². The minimum atomic E-state index is -0.708. The minimum Gasteiger partial charge on any atom is -0.507 e. The fourth-order valence-electron chi connectivity index (χ4n) is 4.49. The fourth-order valence-corrected chi connectivity index (χ4v) is 4.49. The Kier molecular flexibility index (Phi) is 6.22. The van der Waals surface area contributed by atoms with Gasteiger partial charge in [0.25, 0.3) is 0 Å². The molecule has 0 radical (unpaired) electrons. The van der Waals surface area contributed by atoms with E-state index in [1.807, 2.05) is 21.1 Å². The molecule has 0 fully saturated rings. The molecule has 1 aliphatic rings. The van der Waals surface area contributed by atoms with E-state index < -0.39 is 11.4 Å². The van der Waals surface area contributed by atoms with Crippen LogP contribution in [-0.4, -0.2) is 32.1 Å². The van der Waals surface area contributed by atoms with Gasteiger partial charge in [0.2, 0.25) is 5.85 Å². The first kappa shape index (κ1) is 21.6. The van der Waals surface area contributed by atoms with Crippen LogP contribution in [0.2, 0.25) is 0 Å². The van der Waals surface area contributed by atoms with Crippen molar-refractivity contribution < 1.29 is 9.84 Å². The Morgan fingerprint density at radius 3 is 2.00 bits per heavy atom. The van der Waals surface area contributed by atoms with Crippen molar-refractivity contribution >= 4 is 0 Å². The second kappa shape index (κ2) is 8.34. The standard InChI is InChI=1S/C24H35N3O2/c1-7-16-10-11-21-20(12-16)23(25-4,15-24(26-5,27-6)29-21)19-13-17(8-2)22(28)18(9-3)14-19/h10-14,25-28H,7-9,15H2,1-6H3/t23-/m1/s1. The summed E-state index contributed by atoms with van der Waals surface area (Å²) in [5.74, 6) is 0.573. The van der Waals surface area contributed by atoms with Crippen LogP contribution in [0.15, 0.2) is 30.3 Å². The molecule has 5 heteroatoms. The summed E-state index contributed by atoms with van der Waals surface area (Å²) in [6, 6.07) is 10.8. The van der Waals surface area contributed by atoms with Gasteiger partial charge in [-0.2, -0.15) is 0 Å². The van der Waals surface area contributed by atoms with Crippen LogP contribution in [0.1, 0.15) is 55.0 Å². The first-order chi connectivity index (χ1) is 13.9. The third-order valence-electron chi connectivity index (χ3n) is 6.47. The molecule has 5 nitrogen and oxygen atoms in total. The number of ether oxygens (including phenoxy) is 1. The molecule has 0 amide bonds.